The van der Waals surface area contributed by atoms with Crippen LogP contribution < -0.4 is 10.2 Å². The van der Waals surface area contributed by atoms with Crippen molar-refractivity contribution in [1.82, 2.24) is 19.9 Å². The topological polar surface area (TPSA) is 54.7 Å². The van der Waals surface area contributed by atoms with E-state index >= 15 is 0 Å². The minimum atomic E-state index is 0.322. The summed E-state index contributed by atoms with van der Waals surface area (Å²) in [5, 5.41) is 7.65. The molecule has 0 spiro atoms. The van der Waals surface area contributed by atoms with Crippen LogP contribution in [0.25, 0.3) is 5.52 Å². The van der Waals surface area contributed by atoms with E-state index in [4.69, 9.17) is 4.74 Å². The van der Waals surface area contributed by atoms with Crippen LogP contribution in [0.1, 0.15) is 6.92 Å². The summed E-state index contributed by atoms with van der Waals surface area (Å²) in [5.41, 5.74) is 1.05. The van der Waals surface area contributed by atoms with Gasteiger partial charge < -0.3 is 15.0 Å². The van der Waals surface area contributed by atoms with E-state index in [1.54, 1.807) is 12.4 Å². The summed E-state index contributed by atoms with van der Waals surface area (Å²) in [6.07, 6.45) is 5.48. The second kappa shape index (κ2) is 5.54. The molecule has 0 saturated carbocycles. The van der Waals surface area contributed by atoms with Crippen LogP contribution in [-0.2, 0) is 4.74 Å². The van der Waals surface area contributed by atoms with Crippen LogP contribution in [-0.4, -0.2) is 53.5 Å². The molecule has 3 rings (SSSR count). The molecule has 1 aliphatic rings. The van der Waals surface area contributed by atoms with Crippen LogP contribution in [0, 0.1) is 0 Å². The Labute approximate surface area is 112 Å². The van der Waals surface area contributed by atoms with Crippen molar-refractivity contribution in [3.8, 4) is 0 Å². The van der Waals surface area contributed by atoms with Gasteiger partial charge in [-0.25, -0.2) is 9.50 Å². The number of aromatic nitrogens is 3. The highest BCUT2D eigenvalue weighted by molar-refractivity contribution is 5.68. The van der Waals surface area contributed by atoms with Crippen molar-refractivity contribution < 1.29 is 4.74 Å². The van der Waals surface area contributed by atoms with Gasteiger partial charge in [-0.3, -0.25) is 0 Å². The number of nitrogens with one attached hydrogen (secondary N) is 1. The zero-order valence-corrected chi connectivity index (χ0v) is 11.1. The predicted molar refractivity (Wildman–Crippen MR) is 73.5 cm³/mol. The van der Waals surface area contributed by atoms with Gasteiger partial charge >= 0.3 is 0 Å². The highest BCUT2D eigenvalue weighted by Crippen LogP contribution is 2.22. The van der Waals surface area contributed by atoms with Crippen LogP contribution in [0.4, 0.5) is 5.82 Å². The SMILES string of the molecule is CCNCC1COCCN1c1nccn2nccc12. The number of fused-ring (bicyclic) bond motifs is 1. The van der Waals surface area contributed by atoms with Crippen molar-refractivity contribution in [3.05, 3.63) is 24.7 Å². The highest BCUT2D eigenvalue weighted by Gasteiger charge is 2.25. The molecule has 0 amide bonds. The zero-order valence-electron chi connectivity index (χ0n) is 11.1. The largest absolute Gasteiger partial charge is 0.377 e. The third-order valence-electron chi connectivity index (χ3n) is 3.43. The van der Waals surface area contributed by atoms with E-state index in [1.807, 2.05) is 16.8 Å². The lowest BCUT2D eigenvalue weighted by Gasteiger charge is -2.36. The lowest BCUT2D eigenvalue weighted by Crippen LogP contribution is -2.51. The fourth-order valence-corrected chi connectivity index (χ4v) is 2.48. The zero-order chi connectivity index (χ0) is 13.1. The number of ether oxygens (including phenoxy) is 1. The Hall–Kier alpha value is -1.66. The smallest absolute Gasteiger partial charge is 0.155 e. The molecule has 0 aromatic carbocycles. The van der Waals surface area contributed by atoms with E-state index in [9.17, 15) is 0 Å². The van der Waals surface area contributed by atoms with Gasteiger partial charge in [0.1, 0.15) is 5.52 Å². The fourth-order valence-electron chi connectivity index (χ4n) is 2.48. The Balaban J connectivity index is 1.91. The average molecular weight is 261 g/mol. The van der Waals surface area contributed by atoms with Gasteiger partial charge in [-0.05, 0) is 12.6 Å². The fraction of sp³-hybridized carbons (Fsp3) is 0.538. The molecule has 1 unspecified atom stereocenters. The maximum Gasteiger partial charge on any atom is 0.155 e. The first-order chi connectivity index (χ1) is 9.40. The quantitative estimate of drug-likeness (QED) is 0.871. The van der Waals surface area contributed by atoms with Crippen LogP contribution >= 0.6 is 0 Å². The van der Waals surface area contributed by atoms with Gasteiger partial charge in [-0.15, -0.1) is 0 Å². The summed E-state index contributed by atoms with van der Waals surface area (Å²) in [4.78, 5) is 6.87. The normalized spacial score (nSPS) is 20.1. The number of hydrogen-bond acceptors (Lipinski definition) is 5. The Morgan fingerprint density at radius 1 is 1.47 bits per heavy atom. The molecule has 1 fully saturated rings. The van der Waals surface area contributed by atoms with Crippen molar-refractivity contribution in [3.63, 3.8) is 0 Å². The lowest BCUT2D eigenvalue weighted by atomic mass is 10.2. The van der Waals surface area contributed by atoms with E-state index in [-0.39, 0.29) is 0 Å². The van der Waals surface area contributed by atoms with Gasteiger partial charge in [0.05, 0.1) is 25.5 Å². The number of morpholine rings is 1. The van der Waals surface area contributed by atoms with Crippen molar-refractivity contribution in [1.29, 1.82) is 0 Å². The standard InChI is InChI=1S/C13H19N5O/c1-2-14-9-11-10-19-8-7-17(11)13-12-3-4-16-18(12)6-5-15-13/h3-6,11,14H,2,7-10H2,1H3. The van der Waals surface area contributed by atoms with Gasteiger partial charge in [0.2, 0.25) is 0 Å². The first kappa shape index (κ1) is 12.4. The molecule has 1 saturated heterocycles. The third-order valence-corrected chi connectivity index (χ3v) is 3.43. The summed E-state index contributed by atoms with van der Waals surface area (Å²) in [5.74, 6) is 0.992. The molecule has 6 nitrogen and oxygen atoms in total. The minimum Gasteiger partial charge on any atom is -0.377 e. The number of rotatable bonds is 4. The Bertz CT molecular complexity index is 541. The number of hydrogen-bond donors (Lipinski definition) is 1. The van der Waals surface area contributed by atoms with Crippen molar-refractivity contribution in [2.75, 3.05) is 37.7 Å². The van der Waals surface area contributed by atoms with Crippen LogP contribution in [0.2, 0.25) is 0 Å². The molecule has 3 heterocycles. The second-order valence-electron chi connectivity index (χ2n) is 4.64. The second-order valence-corrected chi connectivity index (χ2v) is 4.64. The summed E-state index contributed by atoms with van der Waals surface area (Å²) >= 11 is 0. The molecule has 102 valence electrons. The predicted octanol–water partition coefficient (Wildman–Crippen LogP) is 0.544. The molecular formula is C13H19N5O. The number of anilines is 1. The first-order valence-electron chi connectivity index (χ1n) is 6.73. The van der Waals surface area contributed by atoms with Gasteiger partial charge in [0.25, 0.3) is 0 Å². The molecule has 1 N–H and O–H groups in total. The molecule has 2 aromatic rings. The molecule has 1 aliphatic heterocycles. The Morgan fingerprint density at radius 3 is 3.32 bits per heavy atom. The molecule has 19 heavy (non-hydrogen) atoms. The van der Waals surface area contributed by atoms with Crippen LogP contribution in [0.3, 0.4) is 0 Å². The summed E-state index contributed by atoms with van der Waals surface area (Å²) < 4.78 is 7.46. The van der Waals surface area contributed by atoms with Crippen LogP contribution in [0.15, 0.2) is 24.7 Å². The highest BCUT2D eigenvalue weighted by atomic mass is 16.5. The molecule has 6 heteroatoms. The molecule has 2 aromatic heterocycles. The third kappa shape index (κ3) is 2.41. The van der Waals surface area contributed by atoms with Gasteiger partial charge in [-0.2, -0.15) is 5.10 Å². The maximum absolute atomic E-state index is 5.59. The molecule has 0 aliphatic carbocycles. The van der Waals surface area contributed by atoms with Crippen LogP contribution in [0.5, 0.6) is 0 Å². The van der Waals surface area contributed by atoms with Crippen molar-refractivity contribution >= 4 is 11.3 Å². The lowest BCUT2D eigenvalue weighted by molar-refractivity contribution is 0.0936. The summed E-state index contributed by atoms with van der Waals surface area (Å²) in [6, 6.07) is 2.32. The van der Waals surface area contributed by atoms with E-state index in [2.05, 4.69) is 27.2 Å². The number of nitrogens with zero attached hydrogens (tertiary/aromatic N) is 4. The maximum atomic E-state index is 5.59. The summed E-state index contributed by atoms with van der Waals surface area (Å²) in [7, 11) is 0. The minimum absolute atomic E-state index is 0.322. The number of likely N-dealkylation sites (N-methyl/N-ethyl adjacent to an activating group) is 1. The van der Waals surface area contributed by atoms with Crippen molar-refractivity contribution in [2.24, 2.45) is 0 Å². The average Bonchev–Trinajstić information content (AvgIpc) is 2.94. The first-order valence-corrected chi connectivity index (χ1v) is 6.73. The molecular weight excluding hydrogens is 242 g/mol. The van der Waals surface area contributed by atoms with E-state index < -0.39 is 0 Å². The van der Waals surface area contributed by atoms with E-state index in [0.717, 1.165) is 44.2 Å². The van der Waals surface area contributed by atoms with Crippen molar-refractivity contribution in [2.45, 2.75) is 13.0 Å². The van der Waals surface area contributed by atoms with Gasteiger partial charge in [0, 0.05) is 25.5 Å². The Morgan fingerprint density at radius 2 is 2.42 bits per heavy atom. The molecule has 0 bridgehead atoms. The summed E-state index contributed by atoms with van der Waals surface area (Å²) in [6.45, 7) is 6.35. The monoisotopic (exact) mass is 261 g/mol. The van der Waals surface area contributed by atoms with E-state index in [0.29, 0.717) is 6.04 Å². The van der Waals surface area contributed by atoms with Gasteiger partial charge in [0.15, 0.2) is 5.82 Å². The Kier molecular flexibility index (Phi) is 3.61. The van der Waals surface area contributed by atoms with Gasteiger partial charge in [-0.1, -0.05) is 6.92 Å². The molecule has 1 atom stereocenters. The van der Waals surface area contributed by atoms with E-state index in [1.165, 1.54) is 0 Å². The molecule has 0 radical (unpaired) electrons.